The van der Waals surface area contributed by atoms with Gasteiger partial charge < -0.3 is 10.1 Å². The fraction of sp³-hybridized carbons (Fsp3) is 0.167. The van der Waals surface area contributed by atoms with Crippen LogP contribution < -0.4 is 5.32 Å². The minimum atomic E-state index is -0.502. The molecular formula is C12H10ClFN2O2S. The largest absolute Gasteiger partial charge is 0.461 e. The van der Waals surface area contributed by atoms with Gasteiger partial charge in [0.15, 0.2) is 10.8 Å². The lowest BCUT2D eigenvalue weighted by molar-refractivity contribution is 0.0520. The number of rotatable bonds is 4. The highest BCUT2D eigenvalue weighted by Crippen LogP contribution is 2.25. The average molecular weight is 301 g/mol. The van der Waals surface area contributed by atoms with Crippen molar-refractivity contribution < 1.29 is 13.9 Å². The van der Waals surface area contributed by atoms with Crippen LogP contribution in [0.5, 0.6) is 0 Å². The number of carbonyl (C=O) groups excluding carboxylic acids is 1. The molecule has 0 aliphatic heterocycles. The molecule has 0 saturated heterocycles. The molecule has 0 unspecified atom stereocenters. The van der Waals surface area contributed by atoms with Crippen LogP contribution in [-0.2, 0) is 4.74 Å². The molecule has 19 heavy (non-hydrogen) atoms. The van der Waals surface area contributed by atoms with Gasteiger partial charge in [0.25, 0.3) is 0 Å². The second-order valence-corrected chi connectivity index (χ2v) is 4.80. The summed E-state index contributed by atoms with van der Waals surface area (Å²) >= 11 is 6.96. The van der Waals surface area contributed by atoms with E-state index in [9.17, 15) is 9.18 Å². The predicted molar refractivity (Wildman–Crippen MR) is 72.8 cm³/mol. The van der Waals surface area contributed by atoms with Crippen LogP contribution in [0.3, 0.4) is 0 Å². The standard InChI is InChI=1S/C12H10ClFN2O2S/c1-2-18-11(17)10-6-19-12(16-10)15-9-5-7(13)3-4-8(9)14/h3-6H,2H2,1H3,(H,15,16). The third-order valence-electron chi connectivity index (χ3n) is 2.16. The molecule has 1 aromatic heterocycles. The summed E-state index contributed by atoms with van der Waals surface area (Å²) < 4.78 is 18.3. The van der Waals surface area contributed by atoms with Crippen LogP contribution >= 0.6 is 22.9 Å². The number of halogens is 2. The second kappa shape index (κ2) is 5.99. The van der Waals surface area contributed by atoms with Gasteiger partial charge in [-0.3, -0.25) is 0 Å². The summed E-state index contributed by atoms with van der Waals surface area (Å²) in [4.78, 5) is 15.4. The van der Waals surface area contributed by atoms with Gasteiger partial charge in [-0.1, -0.05) is 11.6 Å². The van der Waals surface area contributed by atoms with Crippen LogP contribution in [0.4, 0.5) is 15.2 Å². The van der Waals surface area contributed by atoms with Crippen molar-refractivity contribution in [3.8, 4) is 0 Å². The molecular weight excluding hydrogens is 291 g/mol. The fourth-order valence-corrected chi connectivity index (χ4v) is 2.20. The molecule has 2 rings (SSSR count). The summed E-state index contributed by atoms with van der Waals surface area (Å²) in [5, 5.41) is 5.12. The van der Waals surface area contributed by atoms with Gasteiger partial charge in [0.1, 0.15) is 5.82 Å². The van der Waals surface area contributed by atoms with Crippen molar-refractivity contribution in [1.82, 2.24) is 4.98 Å². The Hall–Kier alpha value is -1.66. The molecule has 0 bridgehead atoms. The average Bonchev–Trinajstić information content (AvgIpc) is 2.83. The van der Waals surface area contributed by atoms with Crippen molar-refractivity contribution in [2.75, 3.05) is 11.9 Å². The van der Waals surface area contributed by atoms with Gasteiger partial charge in [-0.15, -0.1) is 11.3 Å². The zero-order valence-corrected chi connectivity index (χ0v) is 11.5. The van der Waals surface area contributed by atoms with Crippen LogP contribution in [0.1, 0.15) is 17.4 Å². The first-order valence-electron chi connectivity index (χ1n) is 5.45. The van der Waals surface area contributed by atoms with E-state index in [1.54, 1.807) is 12.3 Å². The summed E-state index contributed by atoms with van der Waals surface area (Å²) in [6, 6.07) is 4.15. The SMILES string of the molecule is CCOC(=O)c1csc(Nc2cc(Cl)ccc2F)n1. The number of hydrogen-bond donors (Lipinski definition) is 1. The number of carbonyl (C=O) groups is 1. The normalized spacial score (nSPS) is 10.3. The van der Waals surface area contributed by atoms with E-state index in [0.29, 0.717) is 10.2 Å². The number of ether oxygens (including phenoxy) is 1. The van der Waals surface area contributed by atoms with E-state index >= 15 is 0 Å². The first kappa shape index (κ1) is 13.8. The number of benzene rings is 1. The molecule has 1 N–H and O–H groups in total. The van der Waals surface area contributed by atoms with Gasteiger partial charge in [-0.05, 0) is 25.1 Å². The van der Waals surface area contributed by atoms with Crippen molar-refractivity contribution in [3.05, 3.63) is 40.1 Å². The number of thiazole rings is 1. The summed E-state index contributed by atoms with van der Waals surface area (Å²) in [5.74, 6) is -0.948. The lowest BCUT2D eigenvalue weighted by atomic mass is 10.3. The minimum absolute atomic E-state index is 0.191. The van der Waals surface area contributed by atoms with Crippen LogP contribution in [0.15, 0.2) is 23.6 Å². The van der Waals surface area contributed by atoms with Crippen molar-refractivity contribution in [2.45, 2.75) is 6.92 Å². The lowest BCUT2D eigenvalue weighted by Gasteiger charge is -2.04. The molecule has 0 fully saturated rings. The van der Waals surface area contributed by atoms with Gasteiger partial charge in [-0.25, -0.2) is 14.2 Å². The highest BCUT2D eigenvalue weighted by atomic mass is 35.5. The van der Waals surface area contributed by atoms with E-state index in [0.717, 1.165) is 0 Å². The number of nitrogens with zero attached hydrogens (tertiary/aromatic N) is 1. The number of nitrogens with one attached hydrogen (secondary N) is 1. The Morgan fingerprint density at radius 2 is 2.37 bits per heavy atom. The second-order valence-electron chi connectivity index (χ2n) is 3.51. The van der Waals surface area contributed by atoms with Crippen LogP contribution in [0.2, 0.25) is 5.02 Å². The molecule has 0 saturated carbocycles. The number of anilines is 2. The summed E-state index contributed by atoms with van der Waals surface area (Å²) in [5.41, 5.74) is 0.397. The third-order valence-corrected chi connectivity index (χ3v) is 3.15. The number of hydrogen-bond acceptors (Lipinski definition) is 5. The quantitative estimate of drug-likeness (QED) is 0.871. The smallest absolute Gasteiger partial charge is 0.357 e. The van der Waals surface area contributed by atoms with Gasteiger partial charge in [0, 0.05) is 10.4 Å². The Bertz CT molecular complexity index is 603. The molecule has 0 radical (unpaired) electrons. The van der Waals surface area contributed by atoms with Crippen LogP contribution in [0.25, 0.3) is 0 Å². The van der Waals surface area contributed by atoms with Gasteiger partial charge in [0.2, 0.25) is 0 Å². The molecule has 7 heteroatoms. The summed E-state index contributed by atoms with van der Waals surface area (Å²) in [6.07, 6.45) is 0. The molecule has 0 spiro atoms. The zero-order valence-electron chi connectivity index (χ0n) is 9.94. The van der Waals surface area contributed by atoms with E-state index in [2.05, 4.69) is 10.3 Å². The first-order chi connectivity index (χ1) is 9.10. The maximum Gasteiger partial charge on any atom is 0.357 e. The molecule has 2 aromatic rings. The van der Waals surface area contributed by atoms with Gasteiger partial charge >= 0.3 is 5.97 Å². The monoisotopic (exact) mass is 300 g/mol. The fourth-order valence-electron chi connectivity index (χ4n) is 1.34. The van der Waals surface area contributed by atoms with E-state index in [1.807, 2.05) is 0 Å². The summed E-state index contributed by atoms with van der Waals surface area (Å²) in [6.45, 7) is 1.99. The number of esters is 1. The Kier molecular flexibility index (Phi) is 4.34. The molecule has 0 aliphatic carbocycles. The third kappa shape index (κ3) is 3.42. The minimum Gasteiger partial charge on any atom is -0.461 e. The van der Waals surface area contributed by atoms with Gasteiger partial charge in [-0.2, -0.15) is 0 Å². The van der Waals surface area contributed by atoms with Crippen molar-refractivity contribution in [2.24, 2.45) is 0 Å². The Balaban J connectivity index is 2.15. The highest BCUT2D eigenvalue weighted by Gasteiger charge is 2.12. The lowest BCUT2D eigenvalue weighted by Crippen LogP contribution is -2.05. The molecule has 0 aliphatic rings. The molecule has 1 heterocycles. The van der Waals surface area contributed by atoms with E-state index < -0.39 is 11.8 Å². The van der Waals surface area contributed by atoms with Crippen LogP contribution in [-0.4, -0.2) is 17.6 Å². The molecule has 1 aromatic carbocycles. The van der Waals surface area contributed by atoms with Crippen molar-refractivity contribution in [1.29, 1.82) is 0 Å². The molecule has 0 amide bonds. The zero-order chi connectivity index (χ0) is 13.8. The Morgan fingerprint density at radius 3 is 3.11 bits per heavy atom. The first-order valence-corrected chi connectivity index (χ1v) is 6.70. The topological polar surface area (TPSA) is 51.2 Å². The summed E-state index contributed by atoms with van der Waals surface area (Å²) in [7, 11) is 0. The molecule has 4 nitrogen and oxygen atoms in total. The predicted octanol–water partition coefficient (Wildman–Crippen LogP) is 3.86. The van der Waals surface area contributed by atoms with E-state index in [4.69, 9.17) is 16.3 Å². The van der Waals surface area contributed by atoms with Crippen LogP contribution in [0, 0.1) is 5.82 Å². The number of aromatic nitrogens is 1. The van der Waals surface area contributed by atoms with Crippen molar-refractivity contribution in [3.63, 3.8) is 0 Å². The van der Waals surface area contributed by atoms with Gasteiger partial charge in [0.05, 0.1) is 12.3 Å². The van der Waals surface area contributed by atoms with E-state index in [1.165, 1.54) is 29.5 Å². The maximum atomic E-state index is 13.5. The maximum absolute atomic E-state index is 13.5. The highest BCUT2D eigenvalue weighted by molar-refractivity contribution is 7.14. The Morgan fingerprint density at radius 1 is 1.58 bits per heavy atom. The molecule has 100 valence electrons. The molecule has 0 atom stereocenters. The van der Waals surface area contributed by atoms with Crippen molar-refractivity contribution >= 4 is 39.7 Å². The van der Waals surface area contributed by atoms with E-state index in [-0.39, 0.29) is 18.0 Å². The Labute approximate surface area is 118 Å².